The van der Waals surface area contributed by atoms with Crippen LogP contribution < -0.4 is 10.3 Å². The lowest BCUT2D eigenvalue weighted by Crippen LogP contribution is -2.40. The number of esters is 1. The third-order valence-electron chi connectivity index (χ3n) is 6.65. The van der Waals surface area contributed by atoms with E-state index in [1.54, 1.807) is 16.5 Å². The minimum atomic E-state index is -0.445. The van der Waals surface area contributed by atoms with Crippen LogP contribution >= 0.6 is 11.9 Å². The molecule has 3 aromatic rings. The van der Waals surface area contributed by atoms with Crippen molar-refractivity contribution in [3.8, 4) is 17.1 Å². The van der Waals surface area contributed by atoms with Crippen LogP contribution in [0.2, 0.25) is 0 Å². The second-order valence-electron chi connectivity index (χ2n) is 9.35. The molecule has 206 valence electrons. The first-order chi connectivity index (χ1) is 18.4. The highest BCUT2D eigenvalue weighted by atomic mass is 32.2. The number of fused-ring (bicyclic) bond motifs is 1. The minimum Gasteiger partial charge on any atom is -0.493 e. The van der Waals surface area contributed by atoms with Crippen molar-refractivity contribution in [1.29, 1.82) is 0 Å². The average molecular weight is 544 g/mol. The van der Waals surface area contributed by atoms with Crippen molar-refractivity contribution in [1.82, 2.24) is 23.8 Å². The van der Waals surface area contributed by atoms with Crippen LogP contribution in [0.1, 0.15) is 37.1 Å². The van der Waals surface area contributed by atoms with Gasteiger partial charge in [0.2, 0.25) is 0 Å². The number of piperazine rings is 1. The van der Waals surface area contributed by atoms with Crippen LogP contribution in [-0.2, 0) is 27.3 Å². The second kappa shape index (κ2) is 12.8. The molecule has 10 nitrogen and oxygen atoms in total. The van der Waals surface area contributed by atoms with Gasteiger partial charge in [0.25, 0.3) is 5.56 Å². The zero-order valence-corrected chi connectivity index (χ0v) is 23.7. The maximum absolute atomic E-state index is 13.4. The van der Waals surface area contributed by atoms with Gasteiger partial charge in [0.05, 0.1) is 25.9 Å². The Hall–Kier alpha value is -2.86. The summed E-state index contributed by atoms with van der Waals surface area (Å²) in [6.45, 7) is 10.5. The summed E-state index contributed by atoms with van der Waals surface area (Å²) in [4.78, 5) is 31.3. The number of hydrogen-bond acceptors (Lipinski definition) is 9. The van der Waals surface area contributed by atoms with E-state index in [1.165, 1.54) is 7.11 Å². The molecule has 0 aliphatic carbocycles. The topological polar surface area (TPSA) is 101 Å². The maximum Gasteiger partial charge on any atom is 0.331 e. The van der Waals surface area contributed by atoms with Gasteiger partial charge in [-0.3, -0.25) is 4.79 Å². The van der Waals surface area contributed by atoms with Crippen molar-refractivity contribution in [2.24, 2.45) is 0 Å². The average Bonchev–Trinajstić information content (AvgIpc) is 3.17. The number of ether oxygens (including phenoxy) is 3. The summed E-state index contributed by atoms with van der Waals surface area (Å²) in [6.07, 6.45) is 1.57. The number of likely N-dealkylation sites (N-methyl/N-ethyl adjacent to an activating group) is 1. The van der Waals surface area contributed by atoms with E-state index in [0.717, 1.165) is 59.9 Å². The highest BCUT2D eigenvalue weighted by molar-refractivity contribution is 7.97. The summed E-state index contributed by atoms with van der Waals surface area (Å²) in [7, 11) is 3.47. The summed E-state index contributed by atoms with van der Waals surface area (Å²) in [5.74, 6) is 0.668. The summed E-state index contributed by atoms with van der Waals surface area (Å²) >= 11 is 1.71. The van der Waals surface area contributed by atoms with Gasteiger partial charge >= 0.3 is 5.97 Å². The van der Waals surface area contributed by atoms with Crippen LogP contribution in [-0.4, -0.2) is 83.3 Å². The molecule has 0 saturated carbocycles. The number of nitrogens with one attached hydrogen (secondary N) is 1. The van der Waals surface area contributed by atoms with Crippen molar-refractivity contribution >= 4 is 23.4 Å². The Morgan fingerprint density at radius 1 is 1.18 bits per heavy atom. The van der Waals surface area contributed by atoms with E-state index < -0.39 is 5.97 Å². The molecule has 1 aliphatic rings. The number of carbonyl (C=O) groups excluding carboxylic acids is 1. The fourth-order valence-corrected chi connectivity index (χ4v) is 5.56. The molecule has 1 aromatic carbocycles. The summed E-state index contributed by atoms with van der Waals surface area (Å²) in [5, 5.41) is 4.91. The van der Waals surface area contributed by atoms with Crippen LogP contribution in [0, 0.1) is 6.92 Å². The number of aromatic nitrogens is 3. The van der Waals surface area contributed by atoms with Gasteiger partial charge in [-0.25, -0.2) is 13.6 Å². The molecule has 4 rings (SSSR count). The monoisotopic (exact) mass is 543 g/mol. The molecule has 11 heteroatoms. The van der Waals surface area contributed by atoms with Crippen LogP contribution in [0.4, 0.5) is 0 Å². The number of carbonyl (C=O) groups is 1. The highest BCUT2D eigenvalue weighted by Crippen LogP contribution is 2.34. The fraction of sp³-hybridized carbons (Fsp3) is 0.519. The predicted octanol–water partition coefficient (Wildman–Crippen LogP) is 3.29. The van der Waals surface area contributed by atoms with E-state index >= 15 is 0 Å². The van der Waals surface area contributed by atoms with Crippen molar-refractivity contribution in [2.75, 3.05) is 53.6 Å². The quantitative estimate of drug-likeness (QED) is 0.288. The molecule has 1 N–H and O–H groups in total. The molecule has 3 heterocycles. The minimum absolute atomic E-state index is 0.155. The van der Waals surface area contributed by atoms with Gasteiger partial charge in [0.1, 0.15) is 17.9 Å². The molecular formula is C27H37N5O5S. The van der Waals surface area contributed by atoms with E-state index in [1.807, 2.05) is 32.0 Å². The Balaban J connectivity index is 1.75. The molecule has 1 saturated heterocycles. The van der Waals surface area contributed by atoms with Gasteiger partial charge in [-0.2, -0.15) is 0 Å². The molecule has 0 amide bonds. The standard InChI is InChI=1S/C27H37N5O5S/c1-6-8-22-21(16-36-17-24(33)35-5)18(3)25-27(34)28-26(29-32(22)25)20-15-19(9-10-23(20)37-7-2)38-31-13-11-30(4)12-14-31/h9-10,15H,6-8,11-14,16-17H2,1-5H3,(H,28,29,34). The first-order valence-corrected chi connectivity index (χ1v) is 13.8. The molecule has 0 radical (unpaired) electrons. The third kappa shape index (κ3) is 6.23. The van der Waals surface area contributed by atoms with E-state index in [4.69, 9.17) is 14.6 Å². The molecule has 0 spiro atoms. The zero-order valence-electron chi connectivity index (χ0n) is 22.8. The molecule has 0 atom stereocenters. The van der Waals surface area contributed by atoms with E-state index in [2.05, 4.69) is 32.9 Å². The summed E-state index contributed by atoms with van der Waals surface area (Å²) in [6, 6.07) is 6.03. The van der Waals surface area contributed by atoms with E-state index in [0.29, 0.717) is 30.1 Å². The Labute approximate surface area is 227 Å². The Morgan fingerprint density at radius 2 is 1.95 bits per heavy atom. The number of H-pyrrole nitrogens is 1. The third-order valence-corrected chi connectivity index (χ3v) is 7.74. The number of rotatable bonds is 11. The van der Waals surface area contributed by atoms with Crippen molar-refractivity contribution in [3.63, 3.8) is 0 Å². The Bertz CT molecular complexity index is 1330. The number of hydrogen-bond donors (Lipinski definition) is 1. The smallest absolute Gasteiger partial charge is 0.331 e. The first kappa shape index (κ1) is 28.2. The lowest BCUT2D eigenvalue weighted by molar-refractivity contribution is -0.146. The number of benzene rings is 1. The van der Waals surface area contributed by atoms with Crippen molar-refractivity contribution in [2.45, 2.75) is 45.1 Å². The molecular weight excluding hydrogens is 506 g/mol. The highest BCUT2D eigenvalue weighted by Gasteiger charge is 2.22. The fourth-order valence-electron chi connectivity index (χ4n) is 4.61. The predicted molar refractivity (Wildman–Crippen MR) is 148 cm³/mol. The van der Waals surface area contributed by atoms with Gasteiger partial charge in [-0.15, -0.1) is 5.10 Å². The van der Waals surface area contributed by atoms with Gasteiger partial charge in [0, 0.05) is 42.3 Å². The molecule has 0 unspecified atom stereocenters. The van der Waals surface area contributed by atoms with Gasteiger partial charge in [-0.05, 0) is 63.0 Å². The lowest BCUT2D eigenvalue weighted by Gasteiger charge is -2.31. The van der Waals surface area contributed by atoms with Crippen LogP contribution in [0.5, 0.6) is 5.75 Å². The van der Waals surface area contributed by atoms with Crippen molar-refractivity contribution < 1.29 is 19.0 Å². The van der Waals surface area contributed by atoms with E-state index in [-0.39, 0.29) is 18.8 Å². The van der Waals surface area contributed by atoms with Crippen LogP contribution in [0.25, 0.3) is 16.9 Å². The SMILES string of the molecule is CCCc1c(COCC(=O)OC)c(C)c2c(=O)[nH]c(-c3cc(SN4CCN(C)CC4)ccc3OCC)nn12. The Kier molecular flexibility index (Phi) is 9.48. The normalized spacial score (nSPS) is 14.8. The molecule has 1 fully saturated rings. The van der Waals surface area contributed by atoms with Crippen molar-refractivity contribution in [3.05, 3.63) is 45.4 Å². The van der Waals surface area contributed by atoms with Gasteiger partial charge < -0.3 is 24.1 Å². The number of methoxy groups -OCH3 is 1. The van der Waals surface area contributed by atoms with Gasteiger partial charge in [0.15, 0.2) is 5.82 Å². The zero-order chi connectivity index (χ0) is 27.2. The van der Waals surface area contributed by atoms with Crippen LogP contribution in [0.15, 0.2) is 27.9 Å². The molecule has 0 bridgehead atoms. The summed E-state index contributed by atoms with van der Waals surface area (Å²) < 4.78 is 20.3. The lowest BCUT2D eigenvalue weighted by atomic mass is 10.1. The van der Waals surface area contributed by atoms with Gasteiger partial charge in [-0.1, -0.05) is 13.3 Å². The first-order valence-electron chi connectivity index (χ1n) is 13.0. The molecule has 2 aromatic heterocycles. The second-order valence-corrected chi connectivity index (χ2v) is 10.5. The number of aromatic amines is 1. The largest absolute Gasteiger partial charge is 0.493 e. The number of nitrogens with zero attached hydrogens (tertiary/aromatic N) is 4. The Morgan fingerprint density at radius 3 is 2.63 bits per heavy atom. The maximum atomic E-state index is 13.4. The van der Waals surface area contributed by atoms with E-state index in [9.17, 15) is 9.59 Å². The molecule has 1 aliphatic heterocycles. The molecule has 38 heavy (non-hydrogen) atoms. The number of aryl methyl sites for hydroxylation is 2. The summed E-state index contributed by atoms with van der Waals surface area (Å²) in [5.41, 5.74) is 3.55. The van der Waals surface area contributed by atoms with Crippen LogP contribution in [0.3, 0.4) is 0 Å².